The van der Waals surface area contributed by atoms with E-state index >= 15 is 0 Å². The van der Waals surface area contributed by atoms with Gasteiger partial charge in [0.05, 0.1) is 6.61 Å². The Morgan fingerprint density at radius 2 is 1.79 bits per heavy atom. The number of likely N-dealkylation sites (N-methyl/N-ethyl adjacent to an activating group) is 1. The Kier molecular flexibility index (Phi) is 5.85. The highest BCUT2D eigenvalue weighted by Crippen LogP contribution is 2.26. The third-order valence-electron chi connectivity index (χ3n) is 5.13. The predicted molar refractivity (Wildman–Crippen MR) is 97.9 cm³/mol. The average Bonchev–Trinajstić information content (AvgIpc) is 2.96. The molecule has 0 radical (unpaired) electrons. The van der Waals surface area contributed by atoms with E-state index in [1.54, 1.807) is 0 Å². The molecule has 0 saturated carbocycles. The normalized spacial score (nSPS) is 21.8. The van der Waals surface area contributed by atoms with E-state index < -0.39 is 0 Å². The van der Waals surface area contributed by atoms with Gasteiger partial charge in [0.2, 0.25) is 0 Å². The first-order chi connectivity index (χ1) is 11.7. The SMILES string of the molecule is CN(CCO)C[C@@H]1CN(Cc2ccc3ccccc3c2)C[C@@H]1CO. The monoisotopic (exact) mass is 328 g/mol. The molecule has 24 heavy (non-hydrogen) atoms. The first kappa shape index (κ1) is 17.4. The number of hydrogen-bond donors (Lipinski definition) is 2. The van der Waals surface area contributed by atoms with Crippen molar-refractivity contribution in [1.82, 2.24) is 9.80 Å². The Hall–Kier alpha value is -1.46. The summed E-state index contributed by atoms with van der Waals surface area (Å²) >= 11 is 0. The summed E-state index contributed by atoms with van der Waals surface area (Å²) in [6.07, 6.45) is 0. The minimum atomic E-state index is 0.188. The first-order valence-electron chi connectivity index (χ1n) is 8.80. The fourth-order valence-electron chi connectivity index (χ4n) is 3.84. The van der Waals surface area contributed by atoms with Gasteiger partial charge in [-0.2, -0.15) is 0 Å². The third-order valence-corrected chi connectivity index (χ3v) is 5.13. The third kappa shape index (κ3) is 4.14. The average molecular weight is 328 g/mol. The second-order valence-corrected chi connectivity index (χ2v) is 7.06. The molecule has 2 aromatic rings. The van der Waals surface area contributed by atoms with E-state index in [1.807, 2.05) is 7.05 Å². The fourth-order valence-corrected chi connectivity index (χ4v) is 3.84. The van der Waals surface area contributed by atoms with E-state index in [0.717, 1.165) is 26.2 Å². The van der Waals surface area contributed by atoms with Gasteiger partial charge in [-0.25, -0.2) is 0 Å². The summed E-state index contributed by atoms with van der Waals surface area (Å²) in [4.78, 5) is 4.61. The van der Waals surface area contributed by atoms with E-state index in [2.05, 4.69) is 52.3 Å². The molecular formula is C20H28N2O2. The van der Waals surface area contributed by atoms with Gasteiger partial charge in [0, 0.05) is 39.3 Å². The molecule has 0 amide bonds. The second kappa shape index (κ2) is 8.08. The van der Waals surface area contributed by atoms with Crippen LogP contribution in [-0.4, -0.2) is 66.5 Å². The van der Waals surface area contributed by atoms with Crippen molar-refractivity contribution in [1.29, 1.82) is 0 Å². The van der Waals surface area contributed by atoms with Crippen LogP contribution in [0.5, 0.6) is 0 Å². The molecule has 4 nitrogen and oxygen atoms in total. The summed E-state index contributed by atoms with van der Waals surface area (Å²) in [5, 5.41) is 21.3. The van der Waals surface area contributed by atoms with Crippen LogP contribution in [-0.2, 0) is 6.54 Å². The molecule has 0 unspecified atom stereocenters. The number of aliphatic hydroxyl groups is 2. The topological polar surface area (TPSA) is 46.9 Å². The maximum Gasteiger partial charge on any atom is 0.0558 e. The Labute approximate surface area is 144 Å². The maximum absolute atomic E-state index is 9.71. The van der Waals surface area contributed by atoms with Crippen LogP contribution in [0.15, 0.2) is 42.5 Å². The van der Waals surface area contributed by atoms with Gasteiger partial charge in [-0.3, -0.25) is 4.90 Å². The van der Waals surface area contributed by atoms with E-state index in [4.69, 9.17) is 5.11 Å². The van der Waals surface area contributed by atoms with E-state index in [0.29, 0.717) is 18.4 Å². The number of hydrogen-bond acceptors (Lipinski definition) is 4. The lowest BCUT2D eigenvalue weighted by atomic mass is 9.96. The van der Waals surface area contributed by atoms with E-state index in [9.17, 15) is 5.11 Å². The van der Waals surface area contributed by atoms with Crippen LogP contribution < -0.4 is 0 Å². The van der Waals surface area contributed by atoms with Gasteiger partial charge in [-0.15, -0.1) is 0 Å². The molecule has 130 valence electrons. The first-order valence-corrected chi connectivity index (χ1v) is 8.80. The van der Waals surface area contributed by atoms with Crippen molar-refractivity contribution in [3.8, 4) is 0 Å². The number of likely N-dealkylation sites (tertiary alicyclic amines) is 1. The Bertz CT molecular complexity index is 661. The summed E-state index contributed by atoms with van der Waals surface area (Å²) in [6.45, 7) is 4.94. The van der Waals surface area contributed by atoms with Crippen LogP contribution in [0.4, 0.5) is 0 Å². The molecule has 1 heterocycles. The zero-order chi connectivity index (χ0) is 16.9. The minimum Gasteiger partial charge on any atom is -0.396 e. The number of nitrogens with zero attached hydrogens (tertiary/aromatic N) is 2. The van der Waals surface area contributed by atoms with Crippen LogP contribution in [0.25, 0.3) is 10.8 Å². The van der Waals surface area contributed by atoms with Crippen LogP contribution >= 0.6 is 0 Å². The van der Waals surface area contributed by atoms with Crippen molar-refractivity contribution < 1.29 is 10.2 Å². The van der Waals surface area contributed by atoms with Crippen LogP contribution in [0, 0.1) is 11.8 Å². The molecule has 2 atom stereocenters. The number of rotatable bonds is 7. The zero-order valence-corrected chi connectivity index (χ0v) is 14.4. The Morgan fingerprint density at radius 3 is 2.54 bits per heavy atom. The predicted octanol–water partition coefficient (Wildman–Crippen LogP) is 1.80. The number of aliphatic hydroxyl groups excluding tert-OH is 2. The summed E-state index contributed by atoms with van der Waals surface area (Å²) in [5.41, 5.74) is 1.33. The minimum absolute atomic E-state index is 0.188. The number of fused-ring (bicyclic) bond motifs is 1. The van der Waals surface area contributed by atoms with E-state index in [1.165, 1.54) is 16.3 Å². The standard InChI is InChI=1S/C20H28N2O2/c1-21(8-9-23)12-19-13-22(14-20(19)15-24)11-16-6-7-17-4-2-3-5-18(17)10-16/h2-7,10,19-20,23-24H,8-9,11-15H2,1H3/t19-,20-/m1/s1. The molecule has 0 aliphatic carbocycles. The van der Waals surface area contributed by atoms with Crippen molar-refractivity contribution in [3.05, 3.63) is 48.0 Å². The summed E-state index contributed by atoms with van der Waals surface area (Å²) in [6, 6.07) is 15.1. The molecule has 0 aromatic heterocycles. The summed E-state index contributed by atoms with van der Waals surface area (Å²) < 4.78 is 0. The van der Waals surface area contributed by atoms with Crippen LogP contribution in [0.1, 0.15) is 5.56 Å². The molecule has 2 N–H and O–H groups in total. The molecule has 2 aromatic carbocycles. The lowest BCUT2D eigenvalue weighted by molar-refractivity contribution is 0.160. The molecule has 1 aliphatic rings. The zero-order valence-electron chi connectivity index (χ0n) is 14.4. The molecule has 0 spiro atoms. The molecule has 1 fully saturated rings. The Balaban J connectivity index is 1.64. The highest BCUT2D eigenvalue weighted by Gasteiger charge is 2.32. The smallest absolute Gasteiger partial charge is 0.0558 e. The van der Waals surface area contributed by atoms with Crippen LogP contribution in [0.3, 0.4) is 0 Å². The van der Waals surface area contributed by atoms with Crippen molar-refractivity contribution >= 4 is 10.8 Å². The Morgan fingerprint density at radius 1 is 1.04 bits per heavy atom. The summed E-state index contributed by atoms with van der Waals surface area (Å²) in [5.74, 6) is 0.790. The van der Waals surface area contributed by atoms with Gasteiger partial charge in [0.15, 0.2) is 0 Å². The van der Waals surface area contributed by atoms with Gasteiger partial charge in [0.25, 0.3) is 0 Å². The maximum atomic E-state index is 9.71. The quantitative estimate of drug-likeness (QED) is 0.814. The van der Waals surface area contributed by atoms with Gasteiger partial charge in [0.1, 0.15) is 0 Å². The van der Waals surface area contributed by atoms with Crippen molar-refractivity contribution in [2.24, 2.45) is 11.8 Å². The molecule has 1 saturated heterocycles. The highest BCUT2D eigenvalue weighted by atomic mass is 16.3. The van der Waals surface area contributed by atoms with Gasteiger partial charge >= 0.3 is 0 Å². The molecule has 3 rings (SSSR count). The summed E-state index contributed by atoms with van der Waals surface area (Å²) in [7, 11) is 2.04. The highest BCUT2D eigenvalue weighted by molar-refractivity contribution is 5.82. The lowest BCUT2D eigenvalue weighted by Crippen LogP contribution is -2.32. The van der Waals surface area contributed by atoms with Gasteiger partial charge in [-0.05, 0) is 41.3 Å². The lowest BCUT2D eigenvalue weighted by Gasteiger charge is -2.23. The van der Waals surface area contributed by atoms with Gasteiger partial charge < -0.3 is 15.1 Å². The van der Waals surface area contributed by atoms with Crippen molar-refractivity contribution in [3.63, 3.8) is 0 Å². The van der Waals surface area contributed by atoms with Crippen molar-refractivity contribution in [2.45, 2.75) is 6.54 Å². The molecule has 0 bridgehead atoms. The van der Waals surface area contributed by atoms with Gasteiger partial charge in [-0.1, -0.05) is 36.4 Å². The second-order valence-electron chi connectivity index (χ2n) is 7.06. The van der Waals surface area contributed by atoms with Crippen LogP contribution in [0.2, 0.25) is 0 Å². The van der Waals surface area contributed by atoms with E-state index in [-0.39, 0.29) is 13.2 Å². The molecule has 1 aliphatic heterocycles. The molecular weight excluding hydrogens is 300 g/mol. The van der Waals surface area contributed by atoms with Crippen molar-refractivity contribution in [2.75, 3.05) is 46.4 Å². The fraction of sp³-hybridized carbons (Fsp3) is 0.500. The number of benzene rings is 2. The largest absolute Gasteiger partial charge is 0.396 e. The molecule has 4 heteroatoms.